The second-order valence-corrected chi connectivity index (χ2v) is 8.36. The number of allylic oxidation sites excluding steroid dienone is 1. The van der Waals surface area contributed by atoms with E-state index in [4.69, 9.17) is 4.74 Å². The van der Waals surface area contributed by atoms with Crippen LogP contribution < -0.4 is 5.32 Å². The minimum Gasteiger partial charge on any atom is -0.449 e. The van der Waals surface area contributed by atoms with Crippen molar-refractivity contribution in [2.45, 2.75) is 12.3 Å². The van der Waals surface area contributed by atoms with Gasteiger partial charge in [0.05, 0.1) is 6.61 Å². The van der Waals surface area contributed by atoms with Crippen molar-refractivity contribution in [1.82, 2.24) is 5.32 Å². The SMILES string of the molecule is O=C(NCCc1cccc2c1C(=O)C=C(CO)C2=O)OCC1c2ccccc2-c2ccccc21. The van der Waals surface area contributed by atoms with Crippen LogP contribution in [0.3, 0.4) is 0 Å². The largest absolute Gasteiger partial charge is 0.449 e. The third-order valence-corrected chi connectivity index (χ3v) is 6.42. The molecule has 0 atom stereocenters. The standard InChI is InChI=1S/C28H23NO5/c30-15-18-14-25(31)26-17(6-5-11-23(26)27(18)32)12-13-29-28(33)34-16-24-21-9-3-1-7-19(21)20-8-2-4-10-22(20)24/h1-11,14,24,30H,12-13,15-16H2,(H,29,33). The molecule has 6 nitrogen and oxygen atoms in total. The van der Waals surface area contributed by atoms with Gasteiger partial charge in [-0.3, -0.25) is 9.59 Å². The number of carbonyl (C=O) groups excluding carboxylic acids is 3. The fourth-order valence-corrected chi connectivity index (χ4v) is 4.82. The molecule has 0 spiro atoms. The van der Waals surface area contributed by atoms with Gasteiger partial charge in [-0.15, -0.1) is 0 Å². The summed E-state index contributed by atoms with van der Waals surface area (Å²) < 4.78 is 5.55. The number of Topliss-reactive ketones (excluding diaryl/α,β-unsaturated/α-hetero) is 1. The van der Waals surface area contributed by atoms with E-state index in [1.54, 1.807) is 18.2 Å². The van der Waals surface area contributed by atoms with Crippen molar-refractivity contribution in [3.63, 3.8) is 0 Å². The molecule has 2 aliphatic carbocycles. The molecule has 3 aromatic rings. The van der Waals surface area contributed by atoms with E-state index in [1.165, 1.54) is 17.2 Å². The number of amides is 1. The summed E-state index contributed by atoms with van der Waals surface area (Å²) in [7, 11) is 0. The Kier molecular flexibility index (Phi) is 5.82. The van der Waals surface area contributed by atoms with Crippen LogP contribution in [0.15, 0.2) is 78.4 Å². The lowest BCUT2D eigenvalue weighted by Gasteiger charge is -2.17. The molecule has 0 saturated heterocycles. The number of hydrogen-bond acceptors (Lipinski definition) is 5. The minimum atomic E-state index is -0.531. The van der Waals surface area contributed by atoms with Crippen molar-refractivity contribution in [1.29, 1.82) is 0 Å². The number of ether oxygens (including phenoxy) is 1. The predicted molar refractivity (Wildman–Crippen MR) is 127 cm³/mol. The highest BCUT2D eigenvalue weighted by molar-refractivity contribution is 6.25. The minimum absolute atomic E-state index is 0.0181. The third-order valence-electron chi connectivity index (χ3n) is 6.42. The monoisotopic (exact) mass is 453 g/mol. The lowest BCUT2D eigenvalue weighted by molar-refractivity contribution is 0.0972. The smallest absolute Gasteiger partial charge is 0.407 e. The summed E-state index contributed by atoms with van der Waals surface area (Å²) in [5.41, 5.74) is 6.00. The fourth-order valence-electron chi connectivity index (χ4n) is 4.82. The molecule has 1 amide bonds. The highest BCUT2D eigenvalue weighted by Gasteiger charge is 2.29. The van der Waals surface area contributed by atoms with E-state index < -0.39 is 12.7 Å². The summed E-state index contributed by atoms with van der Waals surface area (Å²) in [5.74, 6) is -0.672. The Morgan fingerprint density at radius 2 is 1.53 bits per heavy atom. The van der Waals surface area contributed by atoms with Crippen molar-refractivity contribution in [2.24, 2.45) is 0 Å². The van der Waals surface area contributed by atoms with Crippen LogP contribution >= 0.6 is 0 Å². The molecule has 5 rings (SSSR count). The van der Waals surface area contributed by atoms with Crippen LogP contribution in [0.4, 0.5) is 4.79 Å². The van der Waals surface area contributed by atoms with Gasteiger partial charge in [0.2, 0.25) is 0 Å². The summed E-state index contributed by atoms with van der Waals surface area (Å²) in [4.78, 5) is 37.4. The molecule has 0 fully saturated rings. The quantitative estimate of drug-likeness (QED) is 0.587. The van der Waals surface area contributed by atoms with Gasteiger partial charge in [0.25, 0.3) is 0 Å². The predicted octanol–water partition coefficient (Wildman–Crippen LogP) is 4.07. The molecule has 170 valence electrons. The highest BCUT2D eigenvalue weighted by atomic mass is 16.5. The van der Waals surface area contributed by atoms with Gasteiger partial charge in [-0.05, 0) is 40.3 Å². The number of aliphatic hydroxyl groups excluding tert-OH is 1. The number of aliphatic hydroxyl groups is 1. The Morgan fingerprint density at radius 3 is 2.21 bits per heavy atom. The molecular formula is C28H23NO5. The summed E-state index contributed by atoms with van der Waals surface area (Å²) in [6.07, 6.45) is 1.03. The van der Waals surface area contributed by atoms with E-state index in [-0.39, 0.29) is 41.8 Å². The fraction of sp³-hybridized carbons (Fsp3) is 0.179. The molecule has 0 radical (unpaired) electrons. The number of fused-ring (bicyclic) bond motifs is 4. The maximum absolute atomic E-state index is 12.5. The Labute approximate surface area is 196 Å². The van der Waals surface area contributed by atoms with Crippen LogP contribution in [0, 0.1) is 0 Å². The van der Waals surface area contributed by atoms with Crippen molar-refractivity contribution in [3.8, 4) is 11.1 Å². The van der Waals surface area contributed by atoms with Crippen LogP contribution in [-0.4, -0.2) is 42.5 Å². The van der Waals surface area contributed by atoms with Crippen LogP contribution in [0.2, 0.25) is 0 Å². The van der Waals surface area contributed by atoms with Crippen LogP contribution in [0.5, 0.6) is 0 Å². The number of rotatable bonds is 6. The summed E-state index contributed by atoms with van der Waals surface area (Å²) in [6.45, 7) is 0.00502. The maximum atomic E-state index is 12.5. The lowest BCUT2D eigenvalue weighted by atomic mass is 9.86. The zero-order valence-electron chi connectivity index (χ0n) is 18.4. The summed E-state index contributed by atoms with van der Waals surface area (Å²) >= 11 is 0. The average molecular weight is 453 g/mol. The first-order valence-electron chi connectivity index (χ1n) is 11.2. The van der Waals surface area contributed by atoms with Gasteiger partial charge < -0.3 is 15.2 Å². The van der Waals surface area contributed by atoms with Gasteiger partial charge in [0.15, 0.2) is 11.6 Å². The van der Waals surface area contributed by atoms with Crippen LogP contribution in [0.25, 0.3) is 11.1 Å². The van der Waals surface area contributed by atoms with E-state index in [0.717, 1.165) is 11.1 Å². The molecule has 6 heteroatoms. The van der Waals surface area contributed by atoms with Crippen LogP contribution in [0.1, 0.15) is 43.3 Å². The van der Waals surface area contributed by atoms with Gasteiger partial charge in [0, 0.05) is 29.2 Å². The molecule has 0 bridgehead atoms. The van der Waals surface area contributed by atoms with Crippen molar-refractivity contribution in [2.75, 3.05) is 19.8 Å². The average Bonchev–Trinajstić information content (AvgIpc) is 3.18. The first kappa shape index (κ1) is 21.8. The van der Waals surface area contributed by atoms with E-state index >= 15 is 0 Å². The Hall–Kier alpha value is -4.03. The summed E-state index contributed by atoms with van der Waals surface area (Å²) in [5, 5.41) is 12.1. The molecule has 0 heterocycles. The van der Waals surface area contributed by atoms with Crippen molar-refractivity contribution < 1.29 is 24.2 Å². The molecule has 2 aliphatic rings. The van der Waals surface area contributed by atoms with E-state index in [0.29, 0.717) is 17.5 Å². The number of carbonyl (C=O) groups is 3. The third kappa shape index (κ3) is 3.82. The number of benzene rings is 3. The van der Waals surface area contributed by atoms with Gasteiger partial charge in [-0.1, -0.05) is 66.7 Å². The maximum Gasteiger partial charge on any atom is 0.407 e. The number of nitrogens with one attached hydrogen (secondary N) is 1. The van der Waals surface area contributed by atoms with Gasteiger partial charge in [-0.2, -0.15) is 0 Å². The highest BCUT2D eigenvalue weighted by Crippen LogP contribution is 2.44. The second-order valence-electron chi connectivity index (χ2n) is 8.36. The molecular weight excluding hydrogens is 430 g/mol. The van der Waals surface area contributed by atoms with Crippen LogP contribution in [-0.2, 0) is 11.2 Å². The number of alkyl carbamates (subject to hydrolysis) is 1. The number of hydrogen-bond donors (Lipinski definition) is 2. The second kappa shape index (κ2) is 9.08. The molecule has 34 heavy (non-hydrogen) atoms. The first-order valence-corrected chi connectivity index (χ1v) is 11.2. The molecule has 0 unspecified atom stereocenters. The molecule has 2 N–H and O–H groups in total. The summed E-state index contributed by atoms with van der Waals surface area (Å²) in [6, 6.07) is 21.3. The van der Waals surface area contributed by atoms with E-state index in [2.05, 4.69) is 29.6 Å². The normalized spacial score (nSPS) is 14.2. The Morgan fingerprint density at radius 1 is 0.882 bits per heavy atom. The topological polar surface area (TPSA) is 92.7 Å². The first-order chi connectivity index (χ1) is 16.6. The van der Waals surface area contributed by atoms with E-state index in [9.17, 15) is 19.5 Å². The molecule has 3 aromatic carbocycles. The molecule has 0 aliphatic heterocycles. The van der Waals surface area contributed by atoms with Gasteiger partial charge in [-0.25, -0.2) is 4.79 Å². The Bertz CT molecular complexity index is 1290. The molecule has 0 saturated carbocycles. The Balaban J connectivity index is 1.21. The van der Waals surface area contributed by atoms with Crippen molar-refractivity contribution in [3.05, 3.63) is 106 Å². The zero-order valence-corrected chi connectivity index (χ0v) is 18.4. The lowest BCUT2D eigenvalue weighted by Crippen LogP contribution is -2.29. The van der Waals surface area contributed by atoms with Gasteiger partial charge in [0.1, 0.15) is 6.61 Å². The molecule has 0 aromatic heterocycles. The van der Waals surface area contributed by atoms with Gasteiger partial charge >= 0.3 is 6.09 Å². The van der Waals surface area contributed by atoms with E-state index in [1.807, 2.05) is 24.3 Å². The van der Waals surface area contributed by atoms with Crippen molar-refractivity contribution >= 4 is 17.7 Å². The zero-order chi connectivity index (χ0) is 23.7. The number of ketones is 2.